The number of rotatable bonds is 5. The van der Waals surface area contributed by atoms with Crippen molar-refractivity contribution < 1.29 is 0 Å². The number of nitrogens with one attached hydrogen (secondary N) is 1. The van der Waals surface area contributed by atoms with Crippen molar-refractivity contribution >= 4 is 16.5 Å². The molecule has 0 radical (unpaired) electrons. The molecule has 78 valence electrons. The van der Waals surface area contributed by atoms with Gasteiger partial charge >= 0.3 is 0 Å². The van der Waals surface area contributed by atoms with E-state index < -0.39 is 0 Å². The van der Waals surface area contributed by atoms with Crippen LogP contribution in [0.1, 0.15) is 50.5 Å². The van der Waals surface area contributed by atoms with Crippen LogP contribution in [0, 0.1) is 0 Å². The van der Waals surface area contributed by atoms with Crippen LogP contribution in [0.3, 0.4) is 0 Å². The molecule has 0 atom stereocenters. The van der Waals surface area contributed by atoms with E-state index in [9.17, 15) is 0 Å². The topological polar surface area (TPSA) is 37.8 Å². The van der Waals surface area contributed by atoms with Crippen LogP contribution in [0.25, 0.3) is 0 Å². The van der Waals surface area contributed by atoms with E-state index in [1.807, 2.05) is 0 Å². The Morgan fingerprint density at radius 1 is 1.36 bits per heavy atom. The minimum absolute atomic E-state index is 0.551. The lowest BCUT2D eigenvalue weighted by atomic mass is 10.2. The maximum absolute atomic E-state index is 4.21. The second-order valence-corrected chi connectivity index (χ2v) is 4.89. The van der Waals surface area contributed by atoms with Gasteiger partial charge in [-0.15, -0.1) is 10.2 Å². The number of aromatic nitrogens is 2. The molecule has 3 nitrogen and oxygen atoms in total. The normalized spacial score (nSPS) is 16.2. The van der Waals surface area contributed by atoms with E-state index >= 15 is 0 Å². The quantitative estimate of drug-likeness (QED) is 0.813. The molecule has 0 bridgehead atoms. The second kappa shape index (κ2) is 4.26. The van der Waals surface area contributed by atoms with E-state index in [0.29, 0.717) is 6.04 Å². The Morgan fingerprint density at radius 3 is 2.64 bits per heavy atom. The largest absolute Gasteiger partial charge is 0.357 e. The van der Waals surface area contributed by atoms with Crippen molar-refractivity contribution in [2.24, 2.45) is 0 Å². The molecule has 1 N–H and O–H groups in total. The highest BCUT2D eigenvalue weighted by atomic mass is 32.1. The maximum Gasteiger partial charge on any atom is 0.205 e. The first kappa shape index (κ1) is 9.90. The summed E-state index contributed by atoms with van der Waals surface area (Å²) in [7, 11) is 0. The highest BCUT2D eigenvalue weighted by Crippen LogP contribution is 2.42. The molecule has 0 unspecified atom stereocenters. The van der Waals surface area contributed by atoms with Crippen molar-refractivity contribution in [3.63, 3.8) is 0 Å². The summed E-state index contributed by atoms with van der Waals surface area (Å²) in [6.45, 7) is 4.40. The Labute approximate surface area is 88.9 Å². The first-order chi connectivity index (χ1) is 6.83. The predicted octanol–water partition coefficient (Wildman–Crippen LogP) is 3.02. The van der Waals surface area contributed by atoms with Crippen molar-refractivity contribution in [2.45, 2.75) is 51.5 Å². The first-order valence-corrected chi connectivity index (χ1v) is 6.25. The lowest BCUT2D eigenvalue weighted by Crippen LogP contribution is -2.16. The SMILES string of the molecule is CCC(CC)Nc1nnc(C2CC2)s1. The molecule has 1 aromatic rings. The molecule has 1 aliphatic rings. The van der Waals surface area contributed by atoms with E-state index in [1.54, 1.807) is 11.3 Å². The zero-order chi connectivity index (χ0) is 9.97. The van der Waals surface area contributed by atoms with Gasteiger partial charge < -0.3 is 5.32 Å². The lowest BCUT2D eigenvalue weighted by molar-refractivity contribution is 0.669. The molecule has 14 heavy (non-hydrogen) atoms. The van der Waals surface area contributed by atoms with Gasteiger partial charge in [0.25, 0.3) is 0 Å². The van der Waals surface area contributed by atoms with E-state index in [0.717, 1.165) is 23.9 Å². The molecule has 4 heteroatoms. The molecule has 1 aromatic heterocycles. The Hall–Kier alpha value is -0.640. The monoisotopic (exact) mass is 211 g/mol. The van der Waals surface area contributed by atoms with Gasteiger partial charge in [-0.25, -0.2) is 0 Å². The van der Waals surface area contributed by atoms with Crippen LogP contribution in [0.2, 0.25) is 0 Å². The fourth-order valence-electron chi connectivity index (χ4n) is 1.46. The molecule has 2 rings (SSSR count). The number of anilines is 1. The van der Waals surface area contributed by atoms with Gasteiger partial charge in [0.05, 0.1) is 0 Å². The number of hydrogen-bond donors (Lipinski definition) is 1. The van der Waals surface area contributed by atoms with E-state index in [2.05, 4.69) is 29.4 Å². The van der Waals surface area contributed by atoms with E-state index in [4.69, 9.17) is 0 Å². The summed E-state index contributed by atoms with van der Waals surface area (Å²) in [5.74, 6) is 0.727. The van der Waals surface area contributed by atoms with E-state index in [-0.39, 0.29) is 0 Å². The van der Waals surface area contributed by atoms with Crippen LogP contribution >= 0.6 is 11.3 Å². The highest BCUT2D eigenvalue weighted by Gasteiger charge is 2.27. The molecule has 0 aromatic carbocycles. The van der Waals surface area contributed by atoms with Gasteiger partial charge in [0.2, 0.25) is 5.13 Å². The molecular formula is C10H17N3S. The van der Waals surface area contributed by atoms with E-state index in [1.165, 1.54) is 17.8 Å². The molecule has 0 aliphatic heterocycles. The number of nitrogens with zero attached hydrogens (tertiary/aromatic N) is 2. The lowest BCUT2D eigenvalue weighted by Gasteiger charge is -2.12. The summed E-state index contributed by atoms with van der Waals surface area (Å²) in [5.41, 5.74) is 0. The molecular weight excluding hydrogens is 194 g/mol. The smallest absolute Gasteiger partial charge is 0.205 e. The number of hydrogen-bond acceptors (Lipinski definition) is 4. The molecule has 0 saturated heterocycles. The van der Waals surface area contributed by atoms with Crippen molar-refractivity contribution in [3.05, 3.63) is 5.01 Å². The summed E-state index contributed by atoms with van der Waals surface area (Å²) >= 11 is 1.73. The highest BCUT2D eigenvalue weighted by molar-refractivity contribution is 7.15. The summed E-state index contributed by atoms with van der Waals surface area (Å²) in [5, 5.41) is 14.0. The first-order valence-electron chi connectivity index (χ1n) is 5.43. The third-order valence-corrected chi connectivity index (χ3v) is 3.70. The Balaban J connectivity index is 1.94. The standard InChI is InChI=1S/C10H17N3S/c1-3-8(4-2)11-10-13-12-9(14-10)7-5-6-7/h7-8H,3-6H2,1-2H3,(H,11,13). The van der Waals surface area contributed by atoms with Crippen LogP contribution in [0.4, 0.5) is 5.13 Å². The van der Waals surface area contributed by atoms with Crippen molar-refractivity contribution in [1.29, 1.82) is 0 Å². The molecule has 1 heterocycles. The third kappa shape index (κ3) is 2.23. The van der Waals surface area contributed by atoms with Gasteiger partial charge in [0.15, 0.2) is 0 Å². The molecule has 0 spiro atoms. The zero-order valence-electron chi connectivity index (χ0n) is 8.79. The van der Waals surface area contributed by atoms with Crippen molar-refractivity contribution in [3.8, 4) is 0 Å². The molecule has 1 aliphatic carbocycles. The average molecular weight is 211 g/mol. The molecule has 1 fully saturated rings. The van der Waals surface area contributed by atoms with Gasteiger partial charge in [-0.2, -0.15) is 0 Å². The Bertz CT molecular complexity index is 289. The van der Waals surface area contributed by atoms with Crippen LogP contribution in [-0.2, 0) is 0 Å². The van der Waals surface area contributed by atoms with Gasteiger partial charge in [-0.1, -0.05) is 25.2 Å². The van der Waals surface area contributed by atoms with Crippen LogP contribution in [-0.4, -0.2) is 16.2 Å². The predicted molar refractivity (Wildman–Crippen MR) is 59.9 cm³/mol. The van der Waals surface area contributed by atoms with Gasteiger partial charge in [0, 0.05) is 12.0 Å². The average Bonchev–Trinajstić information content (AvgIpc) is 2.96. The summed E-state index contributed by atoms with van der Waals surface area (Å²) < 4.78 is 0. The van der Waals surface area contributed by atoms with Gasteiger partial charge in [0.1, 0.15) is 5.01 Å². The molecule has 1 saturated carbocycles. The second-order valence-electron chi connectivity index (χ2n) is 3.88. The minimum atomic E-state index is 0.551. The Morgan fingerprint density at radius 2 is 2.07 bits per heavy atom. The van der Waals surface area contributed by atoms with Crippen LogP contribution in [0.5, 0.6) is 0 Å². The Kier molecular flexibility index (Phi) is 3.01. The zero-order valence-corrected chi connectivity index (χ0v) is 9.60. The summed E-state index contributed by atoms with van der Waals surface area (Å²) in [4.78, 5) is 0. The fourth-order valence-corrected chi connectivity index (χ4v) is 2.44. The van der Waals surface area contributed by atoms with Crippen molar-refractivity contribution in [2.75, 3.05) is 5.32 Å². The molecule has 0 amide bonds. The van der Waals surface area contributed by atoms with Crippen LogP contribution in [0.15, 0.2) is 0 Å². The third-order valence-electron chi connectivity index (χ3n) is 2.68. The maximum atomic E-state index is 4.21. The minimum Gasteiger partial charge on any atom is -0.357 e. The van der Waals surface area contributed by atoms with Gasteiger partial charge in [-0.05, 0) is 25.7 Å². The fraction of sp³-hybridized carbons (Fsp3) is 0.800. The van der Waals surface area contributed by atoms with Crippen LogP contribution < -0.4 is 5.32 Å². The van der Waals surface area contributed by atoms with Crippen molar-refractivity contribution in [1.82, 2.24) is 10.2 Å². The summed E-state index contributed by atoms with van der Waals surface area (Å²) in [6, 6.07) is 0.551. The van der Waals surface area contributed by atoms with Gasteiger partial charge in [-0.3, -0.25) is 0 Å². The summed E-state index contributed by atoms with van der Waals surface area (Å²) in [6.07, 6.45) is 4.91.